The minimum atomic E-state index is 0.720. The summed E-state index contributed by atoms with van der Waals surface area (Å²) in [6.45, 7) is 3.47. The molecule has 18 heavy (non-hydrogen) atoms. The number of aryl methyl sites for hydroxylation is 1. The molecule has 1 aromatic heterocycles. The summed E-state index contributed by atoms with van der Waals surface area (Å²) in [5, 5.41) is 1.44. The molecular formula is C16H22N2. The van der Waals surface area contributed by atoms with E-state index in [0.717, 1.165) is 6.04 Å². The van der Waals surface area contributed by atoms with Gasteiger partial charge in [0.15, 0.2) is 0 Å². The fourth-order valence-corrected chi connectivity index (χ4v) is 3.27. The molecule has 1 aromatic carbocycles. The third-order valence-corrected chi connectivity index (χ3v) is 4.37. The summed E-state index contributed by atoms with van der Waals surface area (Å²) in [4.78, 5) is 5.94. The molecule has 2 nitrogen and oxygen atoms in total. The van der Waals surface area contributed by atoms with Crippen LogP contribution in [-0.4, -0.2) is 29.5 Å². The number of nitrogens with zero attached hydrogens (tertiary/aromatic N) is 1. The second kappa shape index (κ2) is 4.77. The number of piperidine rings is 1. The first-order valence-corrected chi connectivity index (χ1v) is 7.01. The van der Waals surface area contributed by atoms with Crippen molar-refractivity contribution < 1.29 is 0 Å². The van der Waals surface area contributed by atoms with Gasteiger partial charge in [0.1, 0.15) is 0 Å². The maximum absolute atomic E-state index is 3.41. The van der Waals surface area contributed by atoms with Gasteiger partial charge in [-0.3, -0.25) is 0 Å². The molecule has 0 bridgehead atoms. The molecule has 1 saturated heterocycles. The molecule has 0 saturated carbocycles. The molecule has 1 fully saturated rings. The lowest BCUT2D eigenvalue weighted by molar-refractivity contribution is 0.185. The van der Waals surface area contributed by atoms with Crippen LogP contribution < -0.4 is 0 Å². The van der Waals surface area contributed by atoms with E-state index in [-0.39, 0.29) is 0 Å². The van der Waals surface area contributed by atoms with Crippen LogP contribution in [0.5, 0.6) is 0 Å². The molecule has 1 atom stereocenters. The van der Waals surface area contributed by atoms with Gasteiger partial charge in [-0.2, -0.15) is 0 Å². The lowest BCUT2D eigenvalue weighted by atomic mass is 9.95. The Bertz CT molecular complexity index is 541. The van der Waals surface area contributed by atoms with Crippen molar-refractivity contribution in [2.45, 2.75) is 38.6 Å². The lowest BCUT2D eigenvalue weighted by Gasteiger charge is -2.32. The van der Waals surface area contributed by atoms with Crippen LogP contribution in [0.3, 0.4) is 0 Å². The molecule has 0 aliphatic carbocycles. The van der Waals surface area contributed by atoms with E-state index >= 15 is 0 Å². The normalized spacial score (nSPS) is 21.6. The second-order valence-electron chi connectivity index (χ2n) is 5.65. The Balaban J connectivity index is 1.90. The molecule has 2 heteroatoms. The fourth-order valence-electron chi connectivity index (χ4n) is 3.27. The molecule has 0 spiro atoms. The smallest absolute Gasteiger partial charge is 0.0459 e. The number of nitrogens with one attached hydrogen (secondary N) is 1. The Kier molecular flexibility index (Phi) is 3.13. The molecule has 1 N–H and O–H groups in total. The number of likely N-dealkylation sites (tertiary alicyclic amines) is 1. The summed E-state index contributed by atoms with van der Waals surface area (Å²) in [5.41, 5.74) is 4.16. The molecule has 3 rings (SSSR count). The summed E-state index contributed by atoms with van der Waals surface area (Å²) in [6.07, 6.45) is 7.48. The maximum Gasteiger partial charge on any atom is 0.0459 e. The summed E-state index contributed by atoms with van der Waals surface area (Å²) in [6, 6.07) is 7.24. The Morgan fingerprint density at radius 3 is 3.06 bits per heavy atom. The van der Waals surface area contributed by atoms with Gasteiger partial charge in [0.05, 0.1) is 0 Å². The average molecular weight is 242 g/mol. The van der Waals surface area contributed by atoms with E-state index < -0.39 is 0 Å². The molecular weight excluding hydrogens is 220 g/mol. The Morgan fingerprint density at radius 2 is 2.22 bits per heavy atom. The van der Waals surface area contributed by atoms with Crippen LogP contribution in [0.2, 0.25) is 0 Å². The molecule has 1 aliphatic rings. The highest BCUT2D eigenvalue weighted by molar-refractivity contribution is 5.86. The highest BCUT2D eigenvalue weighted by atomic mass is 15.1. The predicted octanol–water partition coefficient (Wildman–Crippen LogP) is 3.50. The van der Waals surface area contributed by atoms with Crippen molar-refractivity contribution in [2.75, 3.05) is 13.6 Å². The first-order valence-electron chi connectivity index (χ1n) is 7.01. The molecule has 2 aromatic rings. The summed E-state index contributed by atoms with van der Waals surface area (Å²) >= 11 is 0. The zero-order valence-electron chi connectivity index (χ0n) is 11.4. The van der Waals surface area contributed by atoms with Crippen molar-refractivity contribution in [3.05, 3.63) is 35.5 Å². The van der Waals surface area contributed by atoms with Crippen LogP contribution in [0.1, 0.15) is 30.4 Å². The van der Waals surface area contributed by atoms with E-state index in [4.69, 9.17) is 0 Å². The molecule has 0 unspecified atom stereocenters. The minimum absolute atomic E-state index is 0.720. The highest BCUT2D eigenvalue weighted by Crippen LogP contribution is 2.26. The quantitative estimate of drug-likeness (QED) is 0.854. The van der Waals surface area contributed by atoms with Crippen LogP contribution >= 0.6 is 0 Å². The average Bonchev–Trinajstić information content (AvgIpc) is 2.77. The molecule has 96 valence electrons. The van der Waals surface area contributed by atoms with E-state index in [2.05, 4.69) is 48.3 Å². The molecule has 0 radical (unpaired) electrons. The van der Waals surface area contributed by atoms with Crippen molar-refractivity contribution in [3.8, 4) is 0 Å². The third kappa shape index (κ3) is 2.05. The standard InChI is InChI=1S/C16H22N2/c1-12-6-5-8-15-16(12)13(11-17-15)10-14-7-3-4-9-18(14)2/h5-6,8,11,14,17H,3-4,7,9-10H2,1-2H3/t14-/m0/s1. The van der Waals surface area contributed by atoms with Gasteiger partial charge in [0.2, 0.25) is 0 Å². The van der Waals surface area contributed by atoms with E-state index in [0.29, 0.717) is 0 Å². The van der Waals surface area contributed by atoms with Gasteiger partial charge in [-0.25, -0.2) is 0 Å². The van der Waals surface area contributed by atoms with Gasteiger partial charge in [0.25, 0.3) is 0 Å². The van der Waals surface area contributed by atoms with Crippen molar-refractivity contribution in [1.82, 2.24) is 9.88 Å². The third-order valence-electron chi connectivity index (χ3n) is 4.37. The second-order valence-corrected chi connectivity index (χ2v) is 5.65. The highest BCUT2D eigenvalue weighted by Gasteiger charge is 2.20. The van der Waals surface area contributed by atoms with Gasteiger partial charge in [-0.05, 0) is 57.0 Å². The number of rotatable bonds is 2. The lowest BCUT2D eigenvalue weighted by Crippen LogP contribution is -2.37. The molecule has 0 amide bonds. The predicted molar refractivity (Wildman–Crippen MR) is 77.0 cm³/mol. The zero-order valence-corrected chi connectivity index (χ0v) is 11.4. The van der Waals surface area contributed by atoms with Crippen molar-refractivity contribution in [2.24, 2.45) is 0 Å². The number of hydrogen-bond donors (Lipinski definition) is 1. The van der Waals surface area contributed by atoms with Gasteiger partial charge in [-0.15, -0.1) is 0 Å². The summed E-state index contributed by atoms with van der Waals surface area (Å²) < 4.78 is 0. The van der Waals surface area contributed by atoms with E-state index in [1.165, 1.54) is 54.3 Å². The number of likely N-dealkylation sites (N-methyl/N-ethyl adjacent to an activating group) is 1. The number of benzene rings is 1. The van der Waals surface area contributed by atoms with Gasteiger partial charge >= 0.3 is 0 Å². The number of aromatic amines is 1. The fraction of sp³-hybridized carbons (Fsp3) is 0.500. The monoisotopic (exact) mass is 242 g/mol. The van der Waals surface area contributed by atoms with Gasteiger partial charge in [-0.1, -0.05) is 18.6 Å². The van der Waals surface area contributed by atoms with Gasteiger partial charge < -0.3 is 9.88 Å². The minimum Gasteiger partial charge on any atom is -0.361 e. The molecule has 2 heterocycles. The van der Waals surface area contributed by atoms with Crippen molar-refractivity contribution in [1.29, 1.82) is 0 Å². The first kappa shape index (κ1) is 11.8. The number of H-pyrrole nitrogens is 1. The van der Waals surface area contributed by atoms with E-state index in [1.54, 1.807) is 0 Å². The topological polar surface area (TPSA) is 19.0 Å². The maximum atomic E-state index is 3.41. The Labute approximate surface area is 109 Å². The van der Waals surface area contributed by atoms with Crippen LogP contribution in [-0.2, 0) is 6.42 Å². The van der Waals surface area contributed by atoms with E-state index in [9.17, 15) is 0 Å². The Morgan fingerprint density at radius 1 is 1.33 bits per heavy atom. The first-order chi connectivity index (χ1) is 8.75. The van der Waals surface area contributed by atoms with Crippen molar-refractivity contribution in [3.63, 3.8) is 0 Å². The summed E-state index contributed by atoms with van der Waals surface area (Å²) in [7, 11) is 2.27. The number of hydrogen-bond acceptors (Lipinski definition) is 1. The van der Waals surface area contributed by atoms with Crippen molar-refractivity contribution >= 4 is 10.9 Å². The zero-order chi connectivity index (χ0) is 12.5. The molecule has 1 aliphatic heterocycles. The van der Waals surface area contributed by atoms with Gasteiger partial charge in [0, 0.05) is 23.1 Å². The summed E-state index contributed by atoms with van der Waals surface area (Å²) in [5.74, 6) is 0. The SMILES string of the molecule is Cc1cccc2[nH]cc(C[C@@H]3CCCCN3C)c12. The number of fused-ring (bicyclic) bond motifs is 1. The van der Waals surface area contributed by atoms with Crippen LogP contribution in [0.25, 0.3) is 10.9 Å². The van der Waals surface area contributed by atoms with E-state index in [1.807, 2.05) is 0 Å². The largest absolute Gasteiger partial charge is 0.361 e. The van der Waals surface area contributed by atoms with Crippen LogP contribution in [0.4, 0.5) is 0 Å². The Hall–Kier alpha value is -1.28. The van der Waals surface area contributed by atoms with Crippen LogP contribution in [0.15, 0.2) is 24.4 Å². The number of aromatic nitrogens is 1. The van der Waals surface area contributed by atoms with Crippen LogP contribution in [0, 0.1) is 6.92 Å².